The molecule has 0 spiro atoms. The summed E-state index contributed by atoms with van der Waals surface area (Å²) in [5.41, 5.74) is 0.332. The maximum atomic E-state index is 14.1. The van der Waals surface area contributed by atoms with Gasteiger partial charge in [-0.1, -0.05) is 0 Å². The number of rotatable bonds is 4. The smallest absolute Gasteiger partial charge is 0.166 e. The highest BCUT2D eigenvalue weighted by Gasteiger charge is 2.11. The Hall–Kier alpha value is -2.36. The number of halogens is 2. The van der Waals surface area contributed by atoms with E-state index in [2.05, 4.69) is 0 Å². The number of methoxy groups -OCH3 is 2. The summed E-state index contributed by atoms with van der Waals surface area (Å²) in [6.07, 6.45) is 0. The van der Waals surface area contributed by atoms with Gasteiger partial charge in [0.05, 0.1) is 14.2 Å². The Kier molecular flexibility index (Phi) is 4.35. The molecule has 0 saturated heterocycles. The molecular formula is C16H14F2O2. The van der Waals surface area contributed by atoms with Crippen LogP contribution in [0.5, 0.6) is 11.5 Å². The third-order valence-electron chi connectivity index (χ3n) is 2.88. The lowest BCUT2D eigenvalue weighted by atomic mass is 10.1. The topological polar surface area (TPSA) is 18.5 Å². The van der Waals surface area contributed by atoms with Crippen molar-refractivity contribution in [2.45, 2.75) is 0 Å². The van der Waals surface area contributed by atoms with Crippen LogP contribution in [0.2, 0.25) is 0 Å². The summed E-state index contributed by atoms with van der Waals surface area (Å²) >= 11 is 0. The van der Waals surface area contributed by atoms with Crippen LogP contribution in [0, 0.1) is 0 Å². The molecule has 0 amide bonds. The highest BCUT2D eigenvalue weighted by atomic mass is 19.2. The minimum Gasteiger partial charge on any atom is -0.497 e. The van der Waals surface area contributed by atoms with Gasteiger partial charge in [0.2, 0.25) is 0 Å². The summed E-state index contributed by atoms with van der Waals surface area (Å²) in [4.78, 5) is 0. The molecular weight excluding hydrogens is 262 g/mol. The van der Waals surface area contributed by atoms with Gasteiger partial charge in [-0.05, 0) is 48.5 Å². The van der Waals surface area contributed by atoms with Crippen LogP contribution in [0.4, 0.5) is 8.78 Å². The monoisotopic (exact) mass is 276 g/mol. The van der Waals surface area contributed by atoms with Crippen molar-refractivity contribution in [1.82, 2.24) is 0 Å². The average Bonchev–Trinajstić information content (AvgIpc) is 2.53. The summed E-state index contributed by atoms with van der Waals surface area (Å²) in [5, 5.41) is 0. The zero-order valence-electron chi connectivity index (χ0n) is 11.2. The van der Waals surface area contributed by atoms with Crippen molar-refractivity contribution in [2.75, 3.05) is 14.2 Å². The molecule has 0 aliphatic carbocycles. The van der Waals surface area contributed by atoms with E-state index in [1.54, 1.807) is 24.3 Å². The van der Waals surface area contributed by atoms with E-state index in [4.69, 9.17) is 9.47 Å². The first-order valence-corrected chi connectivity index (χ1v) is 6.00. The van der Waals surface area contributed by atoms with E-state index in [0.29, 0.717) is 11.5 Å². The first kappa shape index (κ1) is 14.1. The Morgan fingerprint density at radius 3 is 1.20 bits per heavy atom. The minimum absolute atomic E-state index is 0.166. The second-order valence-corrected chi connectivity index (χ2v) is 4.08. The fourth-order valence-electron chi connectivity index (χ4n) is 1.73. The molecule has 0 radical (unpaired) electrons. The fraction of sp³-hybridized carbons (Fsp3) is 0.125. The Bertz CT molecular complexity index is 546. The molecule has 2 rings (SSSR count). The SMILES string of the molecule is COc1ccc(/C(F)=C(\F)c2ccc(OC)cc2)cc1. The van der Waals surface area contributed by atoms with Crippen LogP contribution >= 0.6 is 0 Å². The molecule has 0 saturated carbocycles. The Balaban J connectivity index is 2.32. The second kappa shape index (κ2) is 6.19. The summed E-state index contributed by atoms with van der Waals surface area (Å²) < 4.78 is 38.1. The summed E-state index contributed by atoms with van der Waals surface area (Å²) in [7, 11) is 3.03. The van der Waals surface area contributed by atoms with Crippen LogP contribution < -0.4 is 9.47 Å². The van der Waals surface area contributed by atoms with E-state index in [1.807, 2.05) is 0 Å². The molecule has 0 bridgehead atoms. The van der Waals surface area contributed by atoms with Crippen molar-refractivity contribution in [1.29, 1.82) is 0 Å². The molecule has 0 fully saturated rings. The summed E-state index contributed by atoms with van der Waals surface area (Å²) in [6.45, 7) is 0. The van der Waals surface area contributed by atoms with Crippen LogP contribution in [0.3, 0.4) is 0 Å². The Morgan fingerprint density at radius 2 is 0.950 bits per heavy atom. The van der Waals surface area contributed by atoms with E-state index in [-0.39, 0.29) is 11.1 Å². The van der Waals surface area contributed by atoms with Gasteiger partial charge in [-0.2, -0.15) is 0 Å². The Labute approximate surface area is 116 Å². The molecule has 0 aliphatic rings. The highest BCUT2D eigenvalue weighted by Crippen LogP contribution is 2.30. The van der Waals surface area contributed by atoms with Crippen molar-refractivity contribution >= 4 is 11.7 Å². The van der Waals surface area contributed by atoms with E-state index in [1.165, 1.54) is 38.5 Å². The quantitative estimate of drug-likeness (QED) is 0.767. The van der Waals surface area contributed by atoms with Crippen molar-refractivity contribution < 1.29 is 18.3 Å². The lowest BCUT2D eigenvalue weighted by Crippen LogP contribution is -1.87. The molecule has 2 nitrogen and oxygen atoms in total. The number of benzene rings is 2. The van der Waals surface area contributed by atoms with Gasteiger partial charge in [0.15, 0.2) is 11.7 Å². The first-order chi connectivity index (χ1) is 9.65. The van der Waals surface area contributed by atoms with Gasteiger partial charge in [-0.3, -0.25) is 0 Å². The largest absolute Gasteiger partial charge is 0.497 e. The van der Waals surface area contributed by atoms with E-state index < -0.39 is 11.7 Å². The maximum absolute atomic E-state index is 14.1. The minimum atomic E-state index is -0.905. The predicted octanol–water partition coefficient (Wildman–Crippen LogP) is 4.47. The molecule has 2 aromatic carbocycles. The molecule has 0 heterocycles. The number of hydrogen-bond acceptors (Lipinski definition) is 2. The molecule has 0 aromatic heterocycles. The molecule has 0 aliphatic heterocycles. The number of ether oxygens (including phenoxy) is 2. The van der Waals surface area contributed by atoms with Gasteiger partial charge in [0.1, 0.15) is 11.5 Å². The molecule has 4 heteroatoms. The lowest BCUT2D eigenvalue weighted by Gasteiger charge is -2.05. The Morgan fingerprint density at radius 1 is 0.650 bits per heavy atom. The first-order valence-electron chi connectivity index (χ1n) is 6.00. The predicted molar refractivity (Wildman–Crippen MR) is 75.0 cm³/mol. The number of hydrogen-bond donors (Lipinski definition) is 0. The summed E-state index contributed by atoms with van der Waals surface area (Å²) in [5.74, 6) is -0.631. The van der Waals surface area contributed by atoms with Gasteiger partial charge in [0.25, 0.3) is 0 Å². The maximum Gasteiger partial charge on any atom is 0.166 e. The second-order valence-electron chi connectivity index (χ2n) is 4.08. The van der Waals surface area contributed by atoms with E-state index in [9.17, 15) is 8.78 Å². The van der Waals surface area contributed by atoms with Crippen LogP contribution in [-0.4, -0.2) is 14.2 Å². The molecule has 0 N–H and O–H groups in total. The molecule has 20 heavy (non-hydrogen) atoms. The van der Waals surface area contributed by atoms with Crippen LogP contribution in [0.25, 0.3) is 11.7 Å². The van der Waals surface area contributed by atoms with Crippen LogP contribution in [-0.2, 0) is 0 Å². The normalized spacial score (nSPS) is 11.8. The zero-order valence-corrected chi connectivity index (χ0v) is 11.2. The molecule has 2 aromatic rings. The van der Waals surface area contributed by atoms with Crippen molar-refractivity contribution in [3.8, 4) is 11.5 Å². The lowest BCUT2D eigenvalue weighted by molar-refractivity contribution is 0.414. The molecule has 104 valence electrons. The van der Waals surface area contributed by atoms with Crippen LogP contribution in [0.15, 0.2) is 48.5 Å². The van der Waals surface area contributed by atoms with E-state index >= 15 is 0 Å². The van der Waals surface area contributed by atoms with Crippen molar-refractivity contribution in [3.63, 3.8) is 0 Å². The summed E-state index contributed by atoms with van der Waals surface area (Å²) in [6, 6.07) is 12.2. The van der Waals surface area contributed by atoms with E-state index in [0.717, 1.165) is 0 Å². The fourth-order valence-corrected chi connectivity index (χ4v) is 1.73. The van der Waals surface area contributed by atoms with Gasteiger partial charge < -0.3 is 9.47 Å². The highest BCUT2D eigenvalue weighted by molar-refractivity contribution is 5.83. The molecule has 0 unspecified atom stereocenters. The van der Waals surface area contributed by atoms with Crippen molar-refractivity contribution in [2.24, 2.45) is 0 Å². The average molecular weight is 276 g/mol. The van der Waals surface area contributed by atoms with Crippen LogP contribution in [0.1, 0.15) is 11.1 Å². The standard InChI is InChI=1S/C16H14F2O2/c1-19-13-7-3-11(4-8-13)15(17)16(18)12-5-9-14(20-2)10-6-12/h3-10H,1-2H3/b16-15+. The van der Waals surface area contributed by atoms with Crippen molar-refractivity contribution in [3.05, 3.63) is 59.7 Å². The van der Waals surface area contributed by atoms with Gasteiger partial charge in [-0.15, -0.1) is 0 Å². The van der Waals surface area contributed by atoms with Gasteiger partial charge >= 0.3 is 0 Å². The zero-order chi connectivity index (χ0) is 14.5. The molecule has 0 atom stereocenters. The third-order valence-corrected chi connectivity index (χ3v) is 2.88. The van der Waals surface area contributed by atoms with Gasteiger partial charge in [-0.25, -0.2) is 8.78 Å². The van der Waals surface area contributed by atoms with Gasteiger partial charge in [0, 0.05) is 11.1 Å². The third kappa shape index (κ3) is 2.96.